The summed E-state index contributed by atoms with van der Waals surface area (Å²) in [6.45, 7) is 6.23. The van der Waals surface area contributed by atoms with Crippen molar-refractivity contribution in [3.8, 4) is 0 Å². The topological polar surface area (TPSA) is 34.1 Å². The van der Waals surface area contributed by atoms with Crippen LogP contribution in [0.15, 0.2) is 23.8 Å². The fraction of sp³-hybridized carbons (Fsp3) is 0.286. The Balaban J connectivity index is 3.40. The van der Waals surface area contributed by atoms with Crippen molar-refractivity contribution >= 4 is 11.6 Å². The molecule has 0 bridgehead atoms. The molecule has 0 spiro atoms. The normalized spacial score (nSPS) is 11.5. The minimum absolute atomic E-state index is 0.0989. The molecule has 0 unspecified atom stereocenters. The molecule has 0 atom stereocenters. The van der Waals surface area contributed by atoms with Gasteiger partial charge < -0.3 is 0 Å². The molecule has 2 nitrogen and oxygen atoms in total. The molecule has 0 saturated carbocycles. The predicted octanol–water partition coefficient (Wildman–Crippen LogP) is 3.16. The molecule has 0 radical (unpaired) electrons. The molecule has 0 N–H and O–H groups in total. The van der Waals surface area contributed by atoms with Crippen LogP contribution in [0.25, 0.3) is 0 Å². The van der Waals surface area contributed by atoms with Gasteiger partial charge >= 0.3 is 0 Å². The smallest absolute Gasteiger partial charge is 0.196 e. The monoisotopic (exact) mass is 234 g/mol. The fourth-order valence-electron chi connectivity index (χ4n) is 1.80. The number of benzene rings is 1. The van der Waals surface area contributed by atoms with E-state index in [-0.39, 0.29) is 22.5 Å². The third-order valence-electron chi connectivity index (χ3n) is 2.75. The van der Waals surface area contributed by atoms with Crippen molar-refractivity contribution in [1.82, 2.24) is 0 Å². The van der Waals surface area contributed by atoms with Gasteiger partial charge in [0.15, 0.2) is 11.6 Å². The first kappa shape index (κ1) is 13.3. The number of halogens is 1. The van der Waals surface area contributed by atoms with E-state index < -0.39 is 11.6 Å². The first-order valence-electron chi connectivity index (χ1n) is 5.37. The first-order valence-corrected chi connectivity index (χ1v) is 5.37. The zero-order chi connectivity index (χ0) is 13.2. The van der Waals surface area contributed by atoms with Crippen LogP contribution < -0.4 is 0 Å². The number of carbonyl (C=O) groups excluding carboxylic acids is 2. The van der Waals surface area contributed by atoms with Crippen LogP contribution in [0, 0.1) is 19.7 Å². The lowest BCUT2D eigenvalue weighted by Gasteiger charge is -2.10. The summed E-state index contributed by atoms with van der Waals surface area (Å²) in [5, 5.41) is 0. The van der Waals surface area contributed by atoms with E-state index in [0.717, 1.165) is 0 Å². The third-order valence-corrected chi connectivity index (χ3v) is 2.75. The maximum Gasteiger partial charge on any atom is 0.196 e. The van der Waals surface area contributed by atoms with Gasteiger partial charge in [-0.05, 0) is 44.9 Å². The van der Waals surface area contributed by atoms with E-state index in [9.17, 15) is 14.0 Å². The minimum atomic E-state index is -0.432. The number of hydrogen-bond acceptors (Lipinski definition) is 2. The zero-order valence-corrected chi connectivity index (χ0v) is 10.4. The Kier molecular flexibility index (Phi) is 3.94. The van der Waals surface area contributed by atoms with Gasteiger partial charge in [-0.2, -0.15) is 0 Å². The lowest BCUT2D eigenvalue weighted by Crippen LogP contribution is -2.14. The Morgan fingerprint density at radius 1 is 1.24 bits per heavy atom. The average Bonchev–Trinajstić information content (AvgIpc) is 2.24. The van der Waals surface area contributed by atoms with Gasteiger partial charge in [0.1, 0.15) is 5.82 Å². The van der Waals surface area contributed by atoms with Gasteiger partial charge in [0, 0.05) is 5.56 Å². The van der Waals surface area contributed by atoms with Crippen molar-refractivity contribution in [2.75, 3.05) is 0 Å². The second-order valence-corrected chi connectivity index (χ2v) is 3.95. The number of ketones is 2. The standard InChI is InChI=1S/C14H15FO2/c1-5-11(10(4)16)14(17)13-8(2)6-7-12(15)9(13)3/h5-7H,1-4H3/b11-5-. The fourth-order valence-corrected chi connectivity index (χ4v) is 1.80. The molecule has 0 aliphatic carbocycles. The molecular weight excluding hydrogens is 219 g/mol. The van der Waals surface area contributed by atoms with Crippen LogP contribution in [0.5, 0.6) is 0 Å². The van der Waals surface area contributed by atoms with Crippen LogP contribution in [-0.2, 0) is 4.79 Å². The lowest BCUT2D eigenvalue weighted by molar-refractivity contribution is -0.113. The molecule has 0 aliphatic heterocycles. The average molecular weight is 234 g/mol. The number of Topliss-reactive ketones (excluding diaryl/α,β-unsaturated/α-hetero) is 2. The highest BCUT2D eigenvalue weighted by Gasteiger charge is 2.20. The summed E-state index contributed by atoms with van der Waals surface area (Å²) in [5.41, 5.74) is 1.35. The number of aryl methyl sites for hydroxylation is 1. The molecule has 0 aromatic heterocycles. The van der Waals surface area contributed by atoms with Crippen LogP contribution >= 0.6 is 0 Å². The largest absolute Gasteiger partial charge is 0.294 e. The molecule has 0 heterocycles. The van der Waals surface area contributed by atoms with E-state index in [1.54, 1.807) is 26.8 Å². The molecule has 3 heteroatoms. The molecule has 90 valence electrons. The van der Waals surface area contributed by atoms with E-state index >= 15 is 0 Å². The molecule has 0 amide bonds. The highest BCUT2D eigenvalue weighted by atomic mass is 19.1. The molecule has 0 fully saturated rings. The maximum absolute atomic E-state index is 13.4. The Bertz CT molecular complexity index is 513. The van der Waals surface area contributed by atoms with Gasteiger partial charge in [0.05, 0.1) is 5.57 Å². The molecule has 1 rings (SSSR count). The quantitative estimate of drug-likeness (QED) is 0.348. The summed E-state index contributed by atoms with van der Waals surface area (Å²) in [6.07, 6.45) is 1.47. The highest BCUT2D eigenvalue weighted by Crippen LogP contribution is 2.20. The first-order chi connectivity index (χ1) is 7.90. The van der Waals surface area contributed by atoms with E-state index in [2.05, 4.69) is 0 Å². The molecule has 1 aromatic carbocycles. The van der Waals surface area contributed by atoms with Crippen molar-refractivity contribution in [2.24, 2.45) is 0 Å². The van der Waals surface area contributed by atoms with Crippen molar-refractivity contribution in [2.45, 2.75) is 27.7 Å². The number of allylic oxidation sites excluding steroid dienone is 2. The van der Waals surface area contributed by atoms with E-state index in [0.29, 0.717) is 5.56 Å². The predicted molar refractivity (Wildman–Crippen MR) is 64.6 cm³/mol. The lowest BCUT2D eigenvalue weighted by atomic mass is 9.93. The van der Waals surface area contributed by atoms with Crippen molar-refractivity contribution in [3.63, 3.8) is 0 Å². The van der Waals surface area contributed by atoms with E-state index in [4.69, 9.17) is 0 Å². The van der Waals surface area contributed by atoms with Gasteiger partial charge in [-0.15, -0.1) is 0 Å². The Hall–Kier alpha value is -1.77. The highest BCUT2D eigenvalue weighted by molar-refractivity contribution is 6.26. The van der Waals surface area contributed by atoms with E-state index in [1.807, 2.05) is 0 Å². The van der Waals surface area contributed by atoms with Crippen LogP contribution in [-0.4, -0.2) is 11.6 Å². The molecule has 0 saturated heterocycles. The number of carbonyl (C=O) groups is 2. The number of rotatable bonds is 3. The minimum Gasteiger partial charge on any atom is -0.294 e. The zero-order valence-electron chi connectivity index (χ0n) is 10.4. The molecule has 17 heavy (non-hydrogen) atoms. The van der Waals surface area contributed by atoms with Crippen molar-refractivity contribution < 1.29 is 14.0 Å². The Labute approximate surface area is 100 Å². The van der Waals surface area contributed by atoms with Crippen LogP contribution in [0.3, 0.4) is 0 Å². The van der Waals surface area contributed by atoms with Gasteiger partial charge in [-0.25, -0.2) is 4.39 Å². The summed E-state index contributed by atoms with van der Waals surface area (Å²) >= 11 is 0. The van der Waals surface area contributed by atoms with Crippen LogP contribution in [0.2, 0.25) is 0 Å². The molecule has 0 aliphatic rings. The summed E-state index contributed by atoms with van der Waals surface area (Å²) in [5.74, 6) is -1.15. The second kappa shape index (κ2) is 5.04. The summed E-state index contributed by atoms with van der Waals surface area (Å²) < 4.78 is 13.4. The Morgan fingerprint density at radius 2 is 1.82 bits per heavy atom. The van der Waals surface area contributed by atoms with Gasteiger partial charge in [-0.1, -0.05) is 12.1 Å². The molecule has 1 aromatic rings. The van der Waals surface area contributed by atoms with Crippen molar-refractivity contribution in [3.05, 3.63) is 46.3 Å². The summed E-state index contributed by atoms with van der Waals surface area (Å²) in [6, 6.07) is 2.87. The maximum atomic E-state index is 13.4. The molecular formula is C14H15FO2. The third kappa shape index (κ3) is 2.49. The van der Waals surface area contributed by atoms with Crippen LogP contribution in [0.4, 0.5) is 4.39 Å². The summed E-state index contributed by atoms with van der Waals surface area (Å²) in [7, 11) is 0. The SMILES string of the molecule is C/C=C(/C(C)=O)C(=O)c1c(C)ccc(F)c1C. The van der Waals surface area contributed by atoms with E-state index in [1.165, 1.54) is 19.1 Å². The van der Waals surface area contributed by atoms with Crippen molar-refractivity contribution in [1.29, 1.82) is 0 Å². The van der Waals surface area contributed by atoms with Gasteiger partial charge in [0.2, 0.25) is 0 Å². The number of hydrogen-bond donors (Lipinski definition) is 0. The van der Waals surface area contributed by atoms with Crippen LogP contribution in [0.1, 0.15) is 35.3 Å². The van der Waals surface area contributed by atoms with Gasteiger partial charge in [0.25, 0.3) is 0 Å². The van der Waals surface area contributed by atoms with Gasteiger partial charge in [-0.3, -0.25) is 9.59 Å². The second-order valence-electron chi connectivity index (χ2n) is 3.95. The Morgan fingerprint density at radius 3 is 2.29 bits per heavy atom. The summed E-state index contributed by atoms with van der Waals surface area (Å²) in [4.78, 5) is 23.5.